The molecule has 326 valence electrons. The van der Waals surface area contributed by atoms with Crippen molar-refractivity contribution in [2.75, 3.05) is 55.6 Å². The van der Waals surface area contributed by atoms with Crippen molar-refractivity contribution in [2.24, 2.45) is 11.8 Å². The van der Waals surface area contributed by atoms with E-state index in [0.717, 1.165) is 76.0 Å². The maximum Gasteiger partial charge on any atom is 0.406 e. The largest absolute Gasteiger partial charge is 0.406 e. The first-order chi connectivity index (χ1) is 26.8. The minimum absolute atomic E-state index is 0.0558. The lowest BCUT2D eigenvalue weighted by molar-refractivity contribution is -0.384. The quantitative estimate of drug-likeness (QED) is 0.0791. The van der Waals surface area contributed by atoms with Crippen molar-refractivity contribution in [2.45, 2.75) is 88.9 Å². The lowest BCUT2D eigenvalue weighted by Gasteiger charge is -2.25. The summed E-state index contributed by atoms with van der Waals surface area (Å²) < 4.78 is 151. The molecule has 4 rings (SSSR count). The molecule has 22 heteroatoms. The van der Waals surface area contributed by atoms with E-state index in [2.05, 4.69) is 10.6 Å². The highest BCUT2D eigenvalue weighted by atomic mass is 19.4. The van der Waals surface area contributed by atoms with E-state index >= 15 is 0 Å². The first-order valence-corrected chi connectivity index (χ1v) is 18.3. The topological polar surface area (TPSA) is 134 Å². The van der Waals surface area contributed by atoms with Crippen molar-refractivity contribution in [1.82, 2.24) is 9.80 Å². The Morgan fingerprint density at radius 3 is 1.29 bits per heavy atom. The minimum atomic E-state index is -5.06. The second-order valence-corrected chi connectivity index (χ2v) is 14.3. The lowest BCUT2D eigenvalue weighted by Crippen LogP contribution is -2.44. The number of nitro groups is 1. The van der Waals surface area contributed by atoms with E-state index in [4.69, 9.17) is 5.73 Å². The number of nitrogens with one attached hydrogen (secondary N) is 2. The molecule has 0 aliphatic heterocycles. The van der Waals surface area contributed by atoms with Gasteiger partial charge in [-0.1, -0.05) is 38.5 Å². The van der Waals surface area contributed by atoms with Gasteiger partial charge in [-0.15, -0.1) is 0 Å². The summed E-state index contributed by atoms with van der Waals surface area (Å²) in [6.45, 7) is -7.12. The van der Waals surface area contributed by atoms with Gasteiger partial charge in [0.2, 0.25) is 0 Å². The number of hydrogen-bond donors (Lipinski definition) is 3. The lowest BCUT2D eigenvalue weighted by atomic mass is 9.89. The van der Waals surface area contributed by atoms with Crippen molar-refractivity contribution in [3.05, 3.63) is 57.6 Å². The van der Waals surface area contributed by atoms with E-state index in [9.17, 15) is 72.4 Å². The zero-order chi connectivity index (χ0) is 43.5. The Labute approximate surface area is 325 Å². The minimum Gasteiger partial charge on any atom is -0.397 e. The molecule has 0 radical (unpaired) electrons. The molecule has 2 aliphatic rings. The molecule has 0 bridgehead atoms. The number of amides is 2. The van der Waals surface area contributed by atoms with Gasteiger partial charge >= 0.3 is 24.7 Å². The third-order valence-electron chi connectivity index (χ3n) is 9.41. The molecule has 10 nitrogen and oxygen atoms in total. The Morgan fingerprint density at radius 2 is 0.948 bits per heavy atom. The van der Waals surface area contributed by atoms with E-state index in [1.165, 1.54) is 18.6 Å². The summed E-state index contributed by atoms with van der Waals surface area (Å²) >= 11 is 0. The summed E-state index contributed by atoms with van der Waals surface area (Å²) in [4.78, 5) is 34.3. The third kappa shape index (κ3) is 17.1. The Morgan fingerprint density at radius 1 is 0.603 bits per heavy atom. The highest BCUT2D eigenvalue weighted by Gasteiger charge is 2.41. The number of nitrogens with two attached hydrogens (primary N) is 1. The van der Waals surface area contributed by atoms with Crippen LogP contribution in [-0.2, 0) is 0 Å². The standard InChI is InChI=1S/C18H21F6N3O3.C18H23F6N3O/c19-17(20,21)10-26(11-18(22,23)24)16(28)13-6-7-14(15(8-13)27(29)30)25-9-12-4-2-1-3-5-12;19-17(20,21)10-27(11-18(22,23)24)16(28)13-6-7-15(14(25)8-13)26-9-12-4-2-1-3-5-12/h6-8,12,25H,1-5,9-11H2;6-8,12,26H,1-5,9-11,25H2. The molecular formula is C36H44F12N6O4. The van der Waals surface area contributed by atoms with Crippen molar-refractivity contribution in [3.63, 3.8) is 0 Å². The molecule has 0 heterocycles. The van der Waals surface area contributed by atoms with E-state index in [1.807, 2.05) is 0 Å². The molecule has 4 N–H and O–H groups in total. The van der Waals surface area contributed by atoms with Crippen LogP contribution >= 0.6 is 0 Å². The molecule has 2 saturated carbocycles. The van der Waals surface area contributed by atoms with Crippen LogP contribution in [0.1, 0.15) is 84.9 Å². The average molecular weight is 853 g/mol. The number of carbonyl (C=O) groups is 2. The number of nitrogens with zero attached hydrogens (tertiary/aromatic N) is 3. The van der Waals surface area contributed by atoms with Gasteiger partial charge in [-0.2, -0.15) is 52.7 Å². The predicted molar refractivity (Wildman–Crippen MR) is 190 cm³/mol. The summed E-state index contributed by atoms with van der Waals surface area (Å²) in [5.74, 6) is -2.16. The summed E-state index contributed by atoms with van der Waals surface area (Å²) in [6, 6.07) is 6.51. The Bertz CT molecular complexity index is 1640. The number of nitro benzene ring substituents is 1. The Balaban J connectivity index is 0.000000311. The van der Waals surface area contributed by atoms with Crippen LogP contribution in [0.5, 0.6) is 0 Å². The molecular weight excluding hydrogens is 808 g/mol. The number of benzene rings is 2. The van der Waals surface area contributed by atoms with Crippen LogP contribution in [0.3, 0.4) is 0 Å². The molecule has 2 amide bonds. The van der Waals surface area contributed by atoms with Gasteiger partial charge in [0.05, 0.1) is 16.3 Å². The van der Waals surface area contributed by atoms with Crippen LogP contribution in [0.4, 0.5) is 75.4 Å². The molecule has 0 spiro atoms. The van der Waals surface area contributed by atoms with Gasteiger partial charge in [0.1, 0.15) is 31.9 Å². The summed E-state index contributed by atoms with van der Waals surface area (Å²) in [6.07, 6.45) is -9.17. The first-order valence-electron chi connectivity index (χ1n) is 18.3. The number of anilines is 3. The first kappa shape index (κ1) is 47.7. The van der Waals surface area contributed by atoms with Gasteiger partial charge in [-0.05, 0) is 67.9 Å². The molecule has 2 aromatic carbocycles. The smallest absolute Gasteiger partial charge is 0.397 e. The zero-order valence-corrected chi connectivity index (χ0v) is 31.0. The number of halogens is 12. The SMILES string of the molecule is Nc1cc(C(=O)N(CC(F)(F)F)CC(F)(F)F)ccc1NCC1CCCCC1.O=C(c1ccc(NCC2CCCCC2)c([N+](=O)[O-])c1)N(CC(F)(F)F)CC(F)(F)F. The Kier molecular flexibility index (Phi) is 16.7. The van der Waals surface area contributed by atoms with Gasteiger partial charge in [-0.25, -0.2) is 0 Å². The van der Waals surface area contributed by atoms with Crippen molar-refractivity contribution >= 4 is 34.6 Å². The zero-order valence-electron chi connectivity index (χ0n) is 31.0. The molecule has 0 saturated heterocycles. The van der Waals surface area contributed by atoms with Crippen LogP contribution < -0.4 is 16.4 Å². The van der Waals surface area contributed by atoms with Crippen LogP contribution in [0.2, 0.25) is 0 Å². The van der Waals surface area contributed by atoms with Gasteiger partial charge in [0.25, 0.3) is 17.5 Å². The molecule has 0 atom stereocenters. The number of rotatable bonds is 13. The fraction of sp³-hybridized carbons (Fsp3) is 0.611. The van der Waals surface area contributed by atoms with Gasteiger partial charge in [-0.3, -0.25) is 19.7 Å². The van der Waals surface area contributed by atoms with E-state index in [1.54, 1.807) is 0 Å². The maximum absolute atomic E-state index is 12.6. The number of hydrogen-bond acceptors (Lipinski definition) is 7. The second-order valence-electron chi connectivity index (χ2n) is 14.3. The number of nitrogen functional groups attached to an aromatic ring is 1. The molecule has 2 aromatic rings. The third-order valence-corrected chi connectivity index (χ3v) is 9.41. The fourth-order valence-electron chi connectivity index (χ4n) is 6.74. The second kappa shape index (κ2) is 20.3. The highest BCUT2D eigenvalue weighted by Crippen LogP contribution is 2.31. The van der Waals surface area contributed by atoms with E-state index in [0.29, 0.717) is 36.7 Å². The summed E-state index contributed by atoms with van der Waals surface area (Å²) in [5, 5.41) is 17.4. The van der Waals surface area contributed by atoms with Crippen molar-refractivity contribution in [1.29, 1.82) is 0 Å². The van der Waals surface area contributed by atoms with E-state index in [-0.39, 0.29) is 21.8 Å². The van der Waals surface area contributed by atoms with Crippen molar-refractivity contribution in [3.8, 4) is 0 Å². The monoisotopic (exact) mass is 852 g/mol. The van der Waals surface area contributed by atoms with Gasteiger partial charge < -0.3 is 26.2 Å². The van der Waals surface area contributed by atoms with Crippen LogP contribution in [0.25, 0.3) is 0 Å². The fourth-order valence-corrected chi connectivity index (χ4v) is 6.74. The summed E-state index contributed by atoms with van der Waals surface area (Å²) in [5.41, 5.74) is 4.97. The van der Waals surface area contributed by atoms with Crippen LogP contribution in [0.15, 0.2) is 36.4 Å². The molecule has 2 aliphatic carbocycles. The molecule has 58 heavy (non-hydrogen) atoms. The molecule has 2 fully saturated rings. The summed E-state index contributed by atoms with van der Waals surface area (Å²) in [7, 11) is 0. The molecule has 0 aromatic heterocycles. The van der Waals surface area contributed by atoms with Gasteiger partial charge in [0.15, 0.2) is 0 Å². The number of alkyl halides is 12. The maximum atomic E-state index is 12.6. The van der Waals surface area contributed by atoms with Gasteiger partial charge in [0, 0.05) is 30.3 Å². The molecule has 0 unspecified atom stereocenters. The predicted octanol–water partition coefficient (Wildman–Crippen LogP) is 9.98. The van der Waals surface area contributed by atoms with Crippen LogP contribution in [0, 0.1) is 22.0 Å². The Hall–Kier alpha value is -4.66. The van der Waals surface area contributed by atoms with Crippen molar-refractivity contribution < 1.29 is 67.2 Å². The number of carbonyl (C=O) groups excluding carboxylic acids is 2. The van der Waals surface area contributed by atoms with Crippen LogP contribution in [-0.4, -0.2) is 90.5 Å². The average Bonchev–Trinajstić information content (AvgIpc) is 3.11. The van der Waals surface area contributed by atoms with E-state index < -0.39 is 83.8 Å². The normalized spacial score (nSPS) is 15.9. The highest BCUT2D eigenvalue weighted by molar-refractivity contribution is 5.96.